The third-order valence-corrected chi connectivity index (χ3v) is 3.93. The molecular formula is C18H12Cl2N2O. The molecule has 23 heavy (non-hydrogen) atoms. The van der Waals surface area contributed by atoms with Crippen LogP contribution in [-0.2, 0) is 0 Å². The molecule has 1 N–H and O–H groups in total. The summed E-state index contributed by atoms with van der Waals surface area (Å²) in [6.07, 6.45) is 1.61. The lowest BCUT2D eigenvalue weighted by Gasteiger charge is -2.04. The molecule has 0 aliphatic carbocycles. The third-order valence-electron chi connectivity index (χ3n) is 3.37. The molecule has 0 saturated heterocycles. The van der Waals surface area contributed by atoms with Crippen molar-refractivity contribution in [3.05, 3.63) is 81.8 Å². The van der Waals surface area contributed by atoms with Crippen LogP contribution in [0.3, 0.4) is 0 Å². The summed E-state index contributed by atoms with van der Waals surface area (Å²) in [5.41, 5.74) is 3.67. The highest BCUT2D eigenvalue weighted by atomic mass is 35.5. The smallest absolute Gasteiger partial charge is 0.267 e. The summed E-state index contributed by atoms with van der Waals surface area (Å²) in [6, 6.07) is 18.6. The molecule has 114 valence electrons. The Bertz CT molecular complexity index is 901. The van der Waals surface area contributed by atoms with Crippen molar-refractivity contribution in [1.82, 2.24) is 5.43 Å². The maximum Gasteiger partial charge on any atom is 0.272 e. The minimum absolute atomic E-state index is 0.286. The number of nitrogens with zero attached hydrogens (tertiary/aromatic N) is 1. The minimum Gasteiger partial charge on any atom is -0.267 e. The van der Waals surface area contributed by atoms with E-state index in [2.05, 4.69) is 10.5 Å². The lowest BCUT2D eigenvalue weighted by Crippen LogP contribution is -2.18. The summed E-state index contributed by atoms with van der Waals surface area (Å²) < 4.78 is 0. The number of hydrogen-bond donors (Lipinski definition) is 1. The normalized spacial score (nSPS) is 11.0. The van der Waals surface area contributed by atoms with Crippen LogP contribution in [0.25, 0.3) is 10.8 Å². The summed E-state index contributed by atoms with van der Waals surface area (Å²) in [5.74, 6) is -0.408. The molecule has 0 unspecified atom stereocenters. The van der Waals surface area contributed by atoms with E-state index in [1.54, 1.807) is 18.3 Å². The standard InChI is InChI=1S/C18H12Cl2N2O/c19-14-8-9-17(20)16(10-14)18(23)22-21-11-13-6-3-5-12-4-1-2-7-15(12)13/h1-11H,(H,22,23)/b21-11-. The van der Waals surface area contributed by atoms with E-state index in [1.165, 1.54) is 6.07 Å². The molecule has 0 fully saturated rings. The van der Waals surface area contributed by atoms with Crippen LogP contribution in [0.15, 0.2) is 65.8 Å². The van der Waals surface area contributed by atoms with E-state index >= 15 is 0 Å². The van der Waals surface area contributed by atoms with Crippen molar-refractivity contribution in [3.63, 3.8) is 0 Å². The quantitative estimate of drug-likeness (QED) is 0.533. The van der Waals surface area contributed by atoms with Crippen molar-refractivity contribution in [2.24, 2.45) is 5.10 Å². The van der Waals surface area contributed by atoms with Crippen LogP contribution in [0, 0.1) is 0 Å². The Hall–Kier alpha value is -2.36. The third kappa shape index (κ3) is 3.52. The summed E-state index contributed by atoms with van der Waals surface area (Å²) in [5, 5.41) is 6.96. The second kappa shape index (κ2) is 6.82. The van der Waals surface area contributed by atoms with Crippen molar-refractivity contribution in [3.8, 4) is 0 Å². The van der Waals surface area contributed by atoms with Crippen LogP contribution in [0.1, 0.15) is 15.9 Å². The highest BCUT2D eigenvalue weighted by Gasteiger charge is 2.10. The summed E-state index contributed by atoms with van der Waals surface area (Å²) >= 11 is 11.9. The van der Waals surface area contributed by atoms with Gasteiger partial charge in [0.2, 0.25) is 0 Å². The Morgan fingerprint density at radius 2 is 1.78 bits per heavy atom. The first kappa shape index (κ1) is 15.5. The first-order valence-corrected chi connectivity index (χ1v) is 7.67. The summed E-state index contributed by atoms with van der Waals surface area (Å²) in [4.78, 5) is 12.1. The van der Waals surface area contributed by atoms with E-state index in [9.17, 15) is 4.79 Å². The molecule has 3 nitrogen and oxygen atoms in total. The number of amides is 1. The van der Waals surface area contributed by atoms with Crippen molar-refractivity contribution in [2.75, 3.05) is 0 Å². The van der Waals surface area contributed by atoms with Gasteiger partial charge in [-0.15, -0.1) is 0 Å². The predicted octanol–water partition coefficient (Wildman–Crippen LogP) is 4.91. The number of nitrogens with one attached hydrogen (secondary N) is 1. The van der Waals surface area contributed by atoms with Crippen LogP contribution in [-0.4, -0.2) is 12.1 Å². The molecule has 0 heterocycles. The van der Waals surface area contributed by atoms with Gasteiger partial charge >= 0.3 is 0 Å². The maximum absolute atomic E-state index is 12.1. The van der Waals surface area contributed by atoms with E-state index in [1.807, 2.05) is 42.5 Å². The van der Waals surface area contributed by atoms with Gasteiger partial charge in [0.25, 0.3) is 5.91 Å². The van der Waals surface area contributed by atoms with Crippen molar-refractivity contribution in [1.29, 1.82) is 0 Å². The molecule has 0 atom stereocenters. The van der Waals surface area contributed by atoms with Gasteiger partial charge < -0.3 is 0 Å². The number of rotatable bonds is 3. The number of carbonyl (C=O) groups excluding carboxylic acids is 1. The average molecular weight is 343 g/mol. The molecule has 0 saturated carbocycles. The molecule has 0 aliphatic heterocycles. The van der Waals surface area contributed by atoms with Gasteiger partial charge in [-0.2, -0.15) is 5.10 Å². The monoisotopic (exact) mass is 342 g/mol. The maximum atomic E-state index is 12.1. The van der Waals surface area contributed by atoms with E-state index in [0.717, 1.165) is 16.3 Å². The van der Waals surface area contributed by atoms with Gasteiger partial charge in [-0.3, -0.25) is 4.79 Å². The Labute approximate surface area is 143 Å². The van der Waals surface area contributed by atoms with E-state index in [0.29, 0.717) is 10.0 Å². The summed E-state index contributed by atoms with van der Waals surface area (Å²) in [6.45, 7) is 0. The SMILES string of the molecule is O=C(N/N=C\c1cccc2ccccc12)c1cc(Cl)ccc1Cl. The highest BCUT2D eigenvalue weighted by Crippen LogP contribution is 2.20. The second-order valence-electron chi connectivity index (χ2n) is 4.89. The lowest BCUT2D eigenvalue weighted by atomic mass is 10.1. The van der Waals surface area contributed by atoms with Gasteiger partial charge in [-0.25, -0.2) is 5.43 Å². The van der Waals surface area contributed by atoms with Crippen molar-refractivity contribution >= 4 is 46.1 Å². The zero-order chi connectivity index (χ0) is 16.2. The molecule has 5 heteroatoms. The van der Waals surface area contributed by atoms with Crippen LogP contribution in [0.4, 0.5) is 0 Å². The van der Waals surface area contributed by atoms with Gasteiger partial charge in [0, 0.05) is 10.6 Å². The number of halogens is 2. The predicted molar refractivity (Wildman–Crippen MR) is 95.5 cm³/mol. The molecule has 0 radical (unpaired) electrons. The Morgan fingerprint density at radius 3 is 2.65 bits per heavy atom. The fourth-order valence-corrected chi connectivity index (χ4v) is 2.63. The first-order chi connectivity index (χ1) is 11.1. The molecule has 0 bridgehead atoms. The average Bonchev–Trinajstić information content (AvgIpc) is 2.57. The molecule has 0 spiro atoms. The number of hydrogen-bond acceptors (Lipinski definition) is 2. The summed E-state index contributed by atoms with van der Waals surface area (Å²) in [7, 11) is 0. The van der Waals surface area contributed by atoms with Crippen LogP contribution >= 0.6 is 23.2 Å². The second-order valence-corrected chi connectivity index (χ2v) is 5.74. The minimum atomic E-state index is -0.408. The van der Waals surface area contributed by atoms with E-state index < -0.39 is 5.91 Å². The molecule has 1 amide bonds. The van der Waals surface area contributed by atoms with Gasteiger partial charge in [0.1, 0.15) is 0 Å². The van der Waals surface area contributed by atoms with Gasteiger partial charge in [-0.1, -0.05) is 65.7 Å². The van der Waals surface area contributed by atoms with Crippen LogP contribution in [0.2, 0.25) is 10.0 Å². The van der Waals surface area contributed by atoms with Gasteiger partial charge in [-0.05, 0) is 29.0 Å². The largest absolute Gasteiger partial charge is 0.272 e. The molecule has 3 aromatic rings. The Kier molecular flexibility index (Phi) is 4.60. The van der Waals surface area contributed by atoms with Crippen molar-refractivity contribution in [2.45, 2.75) is 0 Å². The first-order valence-electron chi connectivity index (χ1n) is 6.91. The lowest BCUT2D eigenvalue weighted by molar-refractivity contribution is 0.0955. The highest BCUT2D eigenvalue weighted by molar-refractivity contribution is 6.35. The molecule has 0 aromatic heterocycles. The Morgan fingerprint density at radius 1 is 1.00 bits per heavy atom. The molecule has 3 aromatic carbocycles. The van der Waals surface area contributed by atoms with Crippen LogP contribution < -0.4 is 5.43 Å². The van der Waals surface area contributed by atoms with Crippen LogP contribution in [0.5, 0.6) is 0 Å². The van der Waals surface area contributed by atoms with E-state index in [-0.39, 0.29) is 5.56 Å². The fraction of sp³-hybridized carbons (Fsp3) is 0. The van der Waals surface area contributed by atoms with Crippen molar-refractivity contribution < 1.29 is 4.79 Å². The molecule has 0 aliphatic rings. The molecule has 3 rings (SSSR count). The zero-order valence-electron chi connectivity index (χ0n) is 12.0. The number of benzene rings is 3. The number of hydrazone groups is 1. The van der Waals surface area contributed by atoms with E-state index in [4.69, 9.17) is 23.2 Å². The fourth-order valence-electron chi connectivity index (χ4n) is 2.26. The Balaban J connectivity index is 1.80. The topological polar surface area (TPSA) is 41.5 Å². The number of fused-ring (bicyclic) bond motifs is 1. The zero-order valence-corrected chi connectivity index (χ0v) is 13.5. The number of carbonyl (C=O) groups is 1. The molecular weight excluding hydrogens is 331 g/mol. The van der Waals surface area contributed by atoms with Gasteiger partial charge in [0.05, 0.1) is 16.8 Å². The van der Waals surface area contributed by atoms with Gasteiger partial charge in [0.15, 0.2) is 0 Å².